The van der Waals surface area contributed by atoms with Crippen LogP contribution >= 0.6 is 11.6 Å². The summed E-state index contributed by atoms with van der Waals surface area (Å²) in [6, 6.07) is 7.41. The predicted octanol–water partition coefficient (Wildman–Crippen LogP) is 3.82. The highest BCUT2D eigenvalue weighted by Gasteiger charge is 2.39. The lowest BCUT2D eigenvalue weighted by atomic mass is 9.73. The molecule has 0 aliphatic heterocycles. The summed E-state index contributed by atoms with van der Waals surface area (Å²) in [5.74, 6) is -0.0581. The van der Waals surface area contributed by atoms with Gasteiger partial charge in [0.25, 0.3) is 0 Å². The number of carbonyl (C=O) groups is 1. The van der Waals surface area contributed by atoms with Crippen molar-refractivity contribution in [2.24, 2.45) is 5.92 Å². The van der Waals surface area contributed by atoms with Gasteiger partial charge in [0, 0.05) is 5.02 Å². The van der Waals surface area contributed by atoms with Crippen molar-refractivity contribution in [1.29, 1.82) is 0 Å². The summed E-state index contributed by atoms with van der Waals surface area (Å²) in [6.07, 6.45) is 0. The first-order valence-corrected chi connectivity index (χ1v) is 6.24. The van der Waals surface area contributed by atoms with Crippen LogP contribution in [0.1, 0.15) is 33.3 Å². The number of benzene rings is 1. The Balaban J connectivity index is 3.20. The summed E-state index contributed by atoms with van der Waals surface area (Å²) in [4.78, 5) is 12.2. The Kier molecular flexibility index (Phi) is 4.58. The van der Waals surface area contributed by atoms with Crippen LogP contribution in [0.5, 0.6) is 0 Å². The zero-order valence-electron chi connectivity index (χ0n) is 10.8. The number of esters is 1. The van der Waals surface area contributed by atoms with Crippen molar-refractivity contribution in [2.75, 3.05) is 6.61 Å². The normalized spacial score (nSPS) is 14.5. The van der Waals surface area contributed by atoms with Gasteiger partial charge in [-0.1, -0.05) is 37.6 Å². The molecule has 1 aromatic carbocycles. The molecule has 2 nitrogen and oxygen atoms in total. The van der Waals surface area contributed by atoms with E-state index in [1.165, 1.54) is 0 Å². The fourth-order valence-corrected chi connectivity index (χ4v) is 1.97. The molecule has 0 heterocycles. The molecule has 3 heteroatoms. The van der Waals surface area contributed by atoms with Gasteiger partial charge in [-0.2, -0.15) is 0 Å². The van der Waals surface area contributed by atoms with E-state index in [1.54, 1.807) is 6.07 Å². The first kappa shape index (κ1) is 14.0. The van der Waals surface area contributed by atoms with Gasteiger partial charge in [-0.3, -0.25) is 4.79 Å². The second kappa shape index (κ2) is 5.54. The van der Waals surface area contributed by atoms with Crippen molar-refractivity contribution in [1.82, 2.24) is 0 Å². The van der Waals surface area contributed by atoms with Crippen molar-refractivity contribution in [3.8, 4) is 0 Å². The largest absolute Gasteiger partial charge is 0.465 e. The number of hydrogen-bond donors (Lipinski definition) is 0. The second-order valence-corrected chi connectivity index (χ2v) is 5.02. The van der Waals surface area contributed by atoms with Crippen molar-refractivity contribution >= 4 is 17.6 Å². The maximum Gasteiger partial charge on any atom is 0.316 e. The van der Waals surface area contributed by atoms with Crippen molar-refractivity contribution in [2.45, 2.75) is 33.1 Å². The quantitative estimate of drug-likeness (QED) is 0.764. The van der Waals surface area contributed by atoms with Crippen LogP contribution in [0.4, 0.5) is 0 Å². The van der Waals surface area contributed by atoms with Crippen LogP contribution in [0.15, 0.2) is 24.3 Å². The van der Waals surface area contributed by atoms with Gasteiger partial charge in [-0.05, 0) is 37.5 Å². The van der Waals surface area contributed by atoms with E-state index in [4.69, 9.17) is 16.3 Å². The smallest absolute Gasteiger partial charge is 0.316 e. The Hall–Kier alpha value is -1.02. The van der Waals surface area contributed by atoms with Crippen LogP contribution in [-0.4, -0.2) is 12.6 Å². The van der Waals surface area contributed by atoms with E-state index < -0.39 is 5.41 Å². The number of carbonyl (C=O) groups excluding carboxylic acids is 1. The van der Waals surface area contributed by atoms with E-state index in [1.807, 2.05) is 45.9 Å². The molecule has 0 aromatic heterocycles. The lowest BCUT2D eigenvalue weighted by Crippen LogP contribution is -2.39. The predicted molar refractivity (Wildman–Crippen MR) is 70.3 cm³/mol. The molecule has 94 valence electrons. The molecule has 0 aliphatic carbocycles. The molecule has 0 saturated heterocycles. The summed E-state index contributed by atoms with van der Waals surface area (Å²) in [5, 5.41) is 0.638. The van der Waals surface area contributed by atoms with Gasteiger partial charge in [-0.15, -0.1) is 0 Å². The Morgan fingerprint density at radius 1 is 1.47 bits per heavy atom. The molecule has 0 aliphatic rings. The van der Waals surface area contributed by atoms with Gasteiger partial charge in [-0.25, -0.2) is 0 Å². The molecule has 1 rings (SSSR count). The van der Waals surface area contributed by atoms with Crippen LogP contribution in [0.3, 0.4) is 0 Å². The number of halogens is 1. The Labute approximate surface area is 108 Å². The molecule has 17 heavy (non-hydrogen) atoms. The zero-order valence-corrected chi connectivity index (χ0v) is 11.5. The molecule has 0 saturated carbocycles. The second-order valence-electron chi connectivity index (χ2n) is 4.59. The molecule has 0 bridgehead atoms. The SMILES string of the molecule is CCOC(=O)C(C)(c1cccc(Cl)c1)C(C)C. The average molecular weight is 255 g/mol. The summed E-state index contributed by atoms with van der Waals surface area (Å²) in [5.41, 5.74) is 0.249. The maximum absolute atomic E-state index is 12.2. The van der Waals surface area contributed by atoms with Crippen LogP contribution in [0, 0.1) is 5.92 Å². The highest BCUT2D eigenvalue weighted by atomic mass is 35.5. The average Bonchev–Trinajstić information content (AvgIpc) is 2.27. The summed E-state index contributed by atoms with van der Waals surface area (Å²) in [7, 11) is 0. The topological polar surface area (TPSA) is 26.3 Å². The van der Waals surface area contributed by atoms with Crippen molar-refractivity contribution in [3.05, 3.63) is 34.9 Å². The molecule has 1 unspecified atom stereocenters. The van der Waals surface area contributed by atoms with Gasteiger partial charge in [0.2, 0.25) is 0 Å². The molecule has 0 radical (unpaired) electrons. The minimum Gasteiger partial charge on any atom is -0.465 e. The first-order valence-electron chi connectivity index (χ1n) is 5.86. The zero-order chi connectivity index (χ0) is 13.1. The van der Waals surface area contributed by atoms with E-state index in [9.17, 15) is 4.79 Å². The lowest BCUT2D eigenvalue weighted by Gasteiger charge is -2.31. The molecule has 0 spiro atoms. The van der Waals surface area contributed by atoms with Gasteiger partial charge in [0.1, 0.15) is 0 Å². The van der Waals surface area contributed by atoms with Gasteiger partial charge >= 0.3 is 5.97 Å². The fraction of sp³-hybridized carbons (Fsp3) is 0.500. The van der Waals surface area contributed by atoms with Crippen LogP contribution in [-0.2, 0) is 14.9 Å². The van der Waals surface area contributed by atoms with Crippen LogP contribution in [0.2, 0.25) is 5.02 Å². The monoisotopic (exact) mass is 254 g/mol. The molecular weight excluding hydrogens is 236 g/mol. The minimum absolute atomic E-state index is 0.139. The van der Waals surface area contributed by atoms with Gasteiger partial charge in [0.15, 0.2) is 0 Å². The van der Waals surface area contributed by atoms with E-state index in [0.29, 0.717) is 11.6 Å². The number of ether oxygens (including phenoxy) is 1. The summed E-state index contributed by atoms with van der Waals surface area (Å²) in [6.45, 7) is 8.13. The van der Waals surface area contributed by atoms with Crippen molar-refractivity contribution in [3.63, 3.8) is 0 Å². The molecular formula is C14H19ClO2. The molecule has 0 amide bonds. The molecule has 1 atom stereocenters. The highest BCUT2D eigenvalue weighted by molar-refractivity contribution is 6.30. The van der Waals surface area contributed by atoms with Gasteiger partial charge in [0.05, 0.1) is 12.0 Å². The number of rotatable bonds is 4. The molecule has 1 aromatic rings. The molecule has 0 fully saturated rings. The summed E-state index contributed by atoms with van der Waals surface area (Å²) >= 11 is 5.99. The van der Waals surface area contributed by atoms with E-state index in [0.717, 1.165) is 5.56 Å². The highest BCUT2D eigenvalue weighted by Crippen LogP contribution is 2.34. The third-order valence-corrected chi connectivity index (χ3v) is 3.51. The Morgan fingerprint density at radius 3 is 2.59 bits per heavy atom. The van der Waals surface area contributed by atoms with Gasteiger partial charge < -0.3 is 4.74 Å². The Bertz CT molecular complexity index is 401. The third-order valence-electron chi connectivity index (χ3n) is 3.28. The fourth-order valence-electron chi connectivity index (χ4n) is 1.78. The summed E-state index contributed by atoms with van der Waals surface area (Å²) < 4.78 is 5.18. The van der Waals surface area contributed by atoms with Crippen LogP contribution < -0.4 is 0 Å². The maximum atomic E-state index is 12.2. The Morgan fingerprint density at radius 2 is 2.12 bits per heavy atom. The van der Waals surface area contributed by atoms with Crippen LogP contribution in [0.25, 0.3) is 0 Å². The van der Waals surface area contributed by atoms with E-state index >= 15 is 0 Å². The lowest BCUT2D eigenvalue weighted by molar-refractivity contribution is -0.151. The standard InChI is InChI=1S/C14H19ClO2/c1-5-17-13(16)14(4,10(2)3)11-7-6-8-12(15)9-11/h6-10H,5H2,1-4H3. The minimum atomic E-state index is -0.652. The molecule has 0 N–H and O–H groups in total. The third kappa shape index (κ3) is 2.81. The first-order chi connectivity index (χ1) is 7.92. The van der Waals surface area contributed by atoms with E-state index in [-0.39, 0.29) is 11.9 Å². The van der Waals surface area contributed by atoms with Crippen molar-refractivity contribution < 1.29 is 9.53 Å². The number of hydrogen-bond acceptors (Lipinski definition) is 2. The van der Waals surface area contributed by atoms with E-state index in [2.05, 4.69) is 0 Å².